The Labute approximate surface area is 189 Å². The Hall–Kier alpha value is -4.33. The molecule has 0 saturated heterocycles. The molecule has 0 aliphatic heterocycles. The Morgan fingerprint density at radius 2 is 1.61 bits per heavy atom. The van der Waals surface area contributed by atoms with Crippen LogP contribution in [-0.2, 0) is 19.5 Å². The summed E-state index contributed by atoms with van der Waals surface area (Å²) in [6.45, 7) is 2.12. The summed E-state index contributed by atoms with van der Waals surface area (Å²) in [6, 6.07) is 21.7. The smallest absolute Gasteiger partial charge is 0.330 e. The van der Waals surface area contributed by atoms with E-state index in [1.807, 2.05) is 67.6 Å². The molecule has 2 aromatic heterocycles. The number of nitrogens with zero attached hydrogens (tertiary/aromatic N) is 2. The van der Waals surface area contributed by atoms with Crippen molar-refractivity contribution in [1.82, 2.24) is 9.55 Å². The van der Waals surface area contributed by atoms with Crippen LogP contribution in [0.2, 0.25) is 0 Å². The van der Waals surface area contributed by atoms with Gasteiger partial charge in [0.25, 0.3) is 11.5 Å². The summed E-state index contributed by atoms with van der Waals surface area (Å²) < 4.78 is 6.90. The fourth-order valence-corrected chi connectivity index (χ4v) is 3.60. The number of aromatic nitrogens is 2. The number of amides is 1. The zero-order valence-corrected chi connectivity index (χ0v) is 18.2. The number of anilines is 2. The van der Waals surface area contributed by atoms with Crippen LogP contribution in [0.5, 0.6) is 0 Å². The molecule has 0 bridgehead atoms. The number of nitrogens with two attached hydrogens (primary N) is 1. The molecular formula is C25H24N4O4. The highest BCUT2D eigenvalue weighted by atomic mass is 16.4. The molecule has 2 aromatic carbocycles. The minimum absolute atomic E-state index is 0.0681. The standard InChI is InChI=1S/C25H24N4O4/c1-2-19-13-14-20(33-19)24(31)28(15-17-9-5-3-6-10-17)21-22(26)29(25(32)27-23(21)30)16-18-11-7-4-8-12-18/h3-14H,2,15-16,26H2,1H3,(H,27,30,32). The topological polar surface area (TPSA) is 114 Å². The first-order valence-corrected chi connectivity index (χ1v) is 10.6. The molecule has 0 aliphatic rings. The number of aromatic amines is 1. The number of hydrogen-bond acceptors (Lipinski definition) is 5. The predicted molar refractivity (Wildman–Crippen MR) is 126 cm³/mol. The number of hydrogen-bond donors (Lipinski definition) is 2. The summed E-state index contributed by atoms with van der Waals surface area (Å²) in [5, 5.41) is 0. The van der Waals surface area contributed by atoms with Gasteiger partial charge in [0.15, 0.2) is 11.4 Å². The van der Waals surface area contributed by atoms with Crippen molar-refractivity contribution in [3.63, 3.8) is 0 Å². The third-order valence-electron chi connectivity index (χ3n) is 5.32. The van der Waals surface area contributed by atoms with Gasteiger partial charge in [0.2, 0.25) is 0 Å². The lowest BCUT2D eigenvalue weighted by molar-refractivity contribution is 0.0956. The average molecular weight is 444 g/mol. The van der Waals surface area contributed by atoms with E-state index in [4.69, 9.17) is 10.2 Å². The predicted octanol–water partition coefficient (Wildman–Crippen LogP) is 3.17. The number of furan rings is 1. The maximum absolute atomic E-state index is 13.5. The van der Waals surface area contributed by atoms with Gasteiger partial charge in [0.05, 0.1) is 13.1 Å². The quantitative estimate of drug-likeness (QED) is 0.454. The van der Waals surface area contributed by atoms with E-state index in [0.717, 1.165) is 11.1 Å². The van der Waals surface area contributed by atoms with Gasteiger partial charge in [-0.15, -0.1) is 0 Å². The molecule has 0 fully saturated rings. The molecule has 4 aromatic rings. The van der Waals surface area contributed by atoms with Crippen molar-refractivity contribution in [2.75, 3.05) is 10.6 Å². The molecule has 8 heteroatoms. The van der Waals surface area contributed by atoms with Crippen molar-refractivity contribution in [2.24, 2.45) is 0 Å². The Morgan fingerprint density at radius 3 is 2.21 bits per heavy atom. The number of H-pyrrole nitrogens is 1. The molecule has 33 heavy (non-hydrogen) atoms. The highest BCUT2D eigenvalue weighted by Crippen LogP contribution is 2.23. The van der Waals surface area contributed by atoms with Crippen LogP contribution < -0.4 is 21.9 Å². The van der Waals surface area contributed by atoms with Crippen molar-refractivity contribution in [3.8, 4) is 0 Å². The van der Waals surface area contributed by atoms with Crippen molar-refractivity contribution in [1.29, 1.82) is 0 Å². The minimum atomic E-state index is -0.742. The average Bonchev–Trinajstić information content (AvgIpc) is 3.31. The number of nitrogens with one attached hydrogen (secondary N) is 1. The molecule has 3 N–H and O–H groups in total. The van der Waals surface area contributed by atoms with E-state index < -0.39 is 17.2 Å². The summed E-state index contributed by atoms with van der Waals surface area (Å²) in [6.07, 6.45) is 0.622. The van der Waals surface area contributed by atoms with Gasteiger partial charge in [-0.3, -0.25) is 24.0 Å². The van der Waals surface area contributed by atoms with Gasteiger partial charge in [-0.1, -0.05) is 67.6 Å². The third-order valence-corrected chi connectivity index (χ3v) is 5.32. The Kier molecular flexibility index (Phi) is 6.26. The van der Waals surface area contributed by atoms with Crippen LogP contribution in [0.25, 0.3) is 0 Å². The fourth-order valence-electron chi connectivity index (χ4n) is 3.60. The summed E-state index contributed by atoms with van der Waals surface area (Å²) in [5.41, 5.74) is 6.47. The molecule has 0 unspecified atom stereocenters. The summed E-state index contributed by atoms with van der Waals surface area (Å²) in [4.78, 5) is 42.5. The van der Waals surface area contributed by atoms with E-state index in [0.29, 0.717) is 12.2 Å². The van der Waals surface area contributed by atoms with E-state index in [9.17, 15) is 14.4 Å². The Morgan fingerprint density at radius 1 is 0.970 bits per heavy atom. The van der Waals surface area contributed by atoms with Gasteiger partial charge in [-0.25, -0.2) is 4.79 Å². The lowest BCUT2D eigenvalue weighted by Crippen LogP contribution is -2.41. The van der Waals surface area contributed by atoms with Gasteiger partial charge in [-0.2, -0.15) is 0 Å². The van der Waals surface area contributed by atoms with E-state index in [1.165, 1.54) is 9.47 Å². The molecule has 4 rings (SSSR count). The van der Waals surface area contributed by atoms with Gasteiger partial charge in [0.1, 0.15) is 11.6 Å². The maximum atomic E-state index is 13.5. The van der Waals surface area contributed by atoms with Crippen LogP contribution in [0.4, 0.5) is 11.5 Å². The number of benzene rings is 2. The number of carbonyl (C=O) groups is 1. The lowest BCUT2D eigenvalue weighted by atomic mass is 10.2. The van der Waals surface area contributed by atoms with Gasteiger partial charge in [-0.05, 0) is 23.3 Å². The van der Waals surface area contributed by atoms with Crippen LogP contribution in [0.1, 0.15) is 34.4 Å². The van der Waals surface area contributed by atoms with Crippen LogP contribution >= 0.6 is 0 Å². The highest BCUT2D eigenvalue weighted by molar-refractivity contribution is 6.05. The zero-order valence-electron chi connectivity index (χ0n) is 18.2. The van der Waals surface area contributed by atoms with E-state index >= 15 is 0 Å². The van der Waals surface area contributed by atoms with Crippen molar-refractivity contribution >= 4 is 17.4 Å². The highest BCUT2D eigenvalue weighted by Gasteiger charge is 2.27. The molecular weight excluding hydrogens is 420 g/mol. The first kappa shape index (κ1) is 21.9. The second-order valence-corrected chi connectivity index (χ2v) is 7.56. The van der Waals surface area contributed by atoms with E-state index in [2.05, 4.69) is 4.98 Å². The lowest BCUT2D eigenvalue weighted by Gasteiger charge is -2.24. The fraction of sp³-hybridized carbons (Fsp3) is 0.160. The largest absolute Gasteiger partial charge is 0.456 e. The number of nitrogen functional groups attached to an aromatic ring is 1. The normalized spacial score (nSPS) is 10.8. The zero-order chi connectivity index (χ0) is 23.4. The SMILES string of the molecule is CCc1ccc(C(=O)N(Cc2ccccc2)c2c(N)n(Cc3ccccc3)c(=O)[nH]c2=O)o1. The second-order valence-electron chi connectivity index (χ2n) is 7.56. The maximum Gasteiger partial charge on any atom is 0.330 e. The van der Waals surface area contributed by atoms with Crippen LogP contribution in [0.15, 0.2) is 86.8 Å². The Balaban J connectivity index is 1.83. The van der Waals surface area contributed by atoms with Gasteiger partial charge in [0, 0.05) is 6.42 Å². The first-order valence-electron chi connectivity index (χ1n) is 10.6. The van der Waals surface area contributed by atoms with Gasteiger partial charge >= 0.3 is 5.69 Å². The summed E-state index contributed by atoms with van der Waals surface area (Å²) >= 11 is 0. The third kappa shape index (κ3) is 4.64. The number of rotatable bonds is 7. The van der Waals surface area contributed by atoms with Gasteiger partial charge < -0.3 is 10.2 Å². The molecule has 2 heterocycles. The second kappa shape index (κ2) is 9.44. The molecule has 168 valence electrons. The minimum Gasteiger partial charge on any atom is -0.456 e. The monoisotopic (exact) mass is 444 g/mol. The number of carbonyl (C=O) groups excluding carboxylic acids is 1. The molecule has 1 amide bonds. The van der Waals surface area contributed by atoms with Crippen LogP contribution in [0.3, 0.4) is 0 Å². The summed E-state index contributed by atoms with van der Waals surface area (Å²) in [5.74, 6) is 0.108. The van der Waals surface area contributed by atoms with E-state index in [1.54, 1.807) is 12.1 Å². The first-order chi connectivity index (χ1) is 16.0. The molecule has 0 radical (unpaired) electrons. The molecule has 0 spiro atoms. The van der Waals surface area contributed by atoms with E-state index in [-0.39, 0.29) is 30.4 Å². The summed E-state index contributed by atoms with van der Waals surface area (Å²) in [7, 11) is 0. The van der Waals surface area contributed by atoms with Crippen molar-refractivity contribution < 1.29 is 9.21 Å². The molecule has 0 atom stereocenters. The van der Waals surface area contributed by atoms with Crippen LogP contribution in [0, 0.1) is 0 Å². The Bertz CT molecular complexity index is 1370. The molecule has 8 nitrogen and oxygen atoms in total. The number of aryl methyl sites for hydroxylation is 1. The molecule has 0 aliphatic carbocycles. The molecule has 0 saturated carbocycles. The van der Waals surface area contributed by atoms with Crippen LogP contribution in [-0.4, -0.2) is 15.5 Å². The van der Waals surface area contributed by atoms with Crippen molar-refractivity contribution in [3.05, 3.63) is 116 Å². The van der Waals surface area contributed by atoms with Crippen molar-refractivity contribution in [2.45, 2.75) is 26.4 Å².